The van der Waals surface area contributed by atoms with Crippen LogP contribution in [-0.2, 0) is 17.3 Å². The van der Waals surface area contributed by atoms with Gasteiger partial charge in [0.05, 0.1) is 0 Å². The molecule has 0 heterocycles. The van der Waals surface area contributed by atoms with Crippen LogP contribution < -0.4 is 0 Å². The van der Waals surface area contributed by atoms with E-state index in [1.807, 2.05) is 0 Å². The summed E-state index contributed by atoms with van der Waals surface area (Å²) in [5.74, 6) is 0.559. The molecule has 0 bridgehead atoms. The van der Waals surface area contributed by atoms with Crippen LogP contribution in [0.25, 0.3) is 11.1 Å². The van der Waals surface area contributed by atoms with E-state index in [9.17, 15) is 0 Å². The van der Waals surface area contributed by atoms with Gasteiger partial charge in [0, 0.05) is 0 Å². The number of fused-ring (bicyclic) bond motifs is 3. The summed E-state index contributed by atoms with van der Waals surface area (Å²) in [6, 6.07) is 11.9. The van der Waals surface area contributed by atoms with Gasteiger partial charge in [-0.3, -0.25) is 0 Å². The summed E-state index contributed by atoms with van der Waals surface area (Å²) in [6.07, 6.45) is 5.38. The first-order valence-corrected chi connectivity index (χ1v) is 10.4. The van der Waals surface area contributed by atoms with Gasteiger partial charge in [-0.2, -0.15) is 0 Å². The highest BCUT2D eigenvalue weighted by molar-refractivity contribution is 5.79. The Labute approximate surface area is 166 Å². The van der Waals surface area contributed by atoms with Gasteiger partial charge in [0.2, 0.25) is 0 Å². The highest BCUT2D eigenvalue weighted by Crippen LogP contribution is 2.46. The maximum Gasteiger partial charge on any atom is -0.00104 e. The molecule has 0 saturated carbocycles. The van der Waals surface area contributed by atoms with E-state index in [-0.39, 0.29) is 10.8 Å². The molecule has 0 aliphatic heterocycles. The van der Waals surface area contributed by atoms with Crippen molar-refractivity contribution in [2.75, 3.05) is 0 Å². The molecule has 3 rings (SSSR count). The second-order valence-electron chi connectivity index (χ2n) is 10.4. The van der Waals surface area contributed by atoms with E-state index in [0.717, 1.165) is 12.8 Å². The molecule has 0 amide bonds. The van der Waals surface area contributed by atoms with Crippen molar-refractivity contribution < 1.29 is 0 Å². The predicted molar refractivity (Wildman–Crippen MR) is 120 cm³/mol. The van der Waals surface area contributed by atoms with Gasteiger partial charge in [0.25, 0.3) is 0 Å². The summed E-state index contributed by atoms with van der Waals surface area (Å²) >= 11 is 0. The van der Waals surface area contributed by atoms with Gasteiger partial charge >= 0.3 is 0 Å². The molecule has 27 heavy (non-hydrogen) atoms. The number of benzene rings is 2. The Bertz CT molecular complexity index is 853. The average Bonchev–Trinajstić information content (AvgIpc) is 2.94. The summed E-state index contributed by atoms with van der Waals surface area (Å²) < 4.78 is 0. The van der Waals surface area contributed by atoms with Crippen LogP contribution in [0.5, 0.6) is 0 Å². The third-order valence-corrected chi connectivity index (χ3v) is 6.09. The first-order valence-electron chi connectivity index (χ1n) is 10.4. The van der Waals surface area contributed by atoms with Gasteiger partial charge in [0.1, 0.15) is 0 Å². The van der Waals surface area contributed by atoms with Gasteiger partial charge < -0.3 is 0 Å². The lowest BCUT2D eigenvalue weighted by molar-refractivity contribution is 0.565. The van der Waals surface area contributed by atoms with Crippen molar-refractivity contribution in [2.45, 2.75) is 84.5 Å². The number of hydrogen-bond acceptors (Lipinski definition) is 0. The van der Waals surface area contributed by atoms with E-state index >= 15 is 0 Å². The summed E-state index contributed by atoms with van der Waals surface area (Å²) in [7, 11) is 0. The third-order valence-electron chi connectivity index (χ3n) is 6.09. The molecule has 2 aromatic carbocycles. The lowest BCUT2D eigenvalue weighted by Gasteiger charge is -2.28. The molecule has 0 N–H and O–H groups in total. The molecule has 0 aromatic heterocycles. The zero-order chi connectivity index (χ0) is 20.0. The van der Waals surface area contributed by atoms with Crippen LogP contribution >= 0.6 is 0 Å². The minimum absolute atomic E-state index is 0.165. The molecule has 1 aliphatic rings. The normalized spacial score (nSPS) is 14.6. The molecule has 0 nitrogen and oxygen atoms in total. The second kappa shape index (κ2) is 6.97. The highest BCUT2D eigenvalue weighted by atomic mass is 14.3. The van der Waals surface area contributed by atoms with Gasteiger partial charge in [-0.1, -0.05) is 84.9 Å². The van der Waals surface area contributed by atoms with Crippen LogP contribution in [-0.4, -0.2) is 0 Å². The largest absolute Gasteiger partial charge is 0.103 e. The average molecular weight is 361 g/mol. The summed E-state index contributed by atoms with van der Waals surface area (Å²) in [4.78, 5) is 0. The fourth-order valence-electron chi connectivity index (χ4n) is 4.50. The van der Waals surface area contributed by atoms with Crippen molar-refractivity contribution in [1.82, 2.24) is 0 Å². The molecule has 144 valence electrons. The molecule has 1 atom stereocenters. The van der Waals surface area contributed by atoms with E-state index in [1.54, 1.807) is 11.1 Å². The van der Waals surface area contributed by atoms with Crippen molar-refractivity contribution in [3.63, 3.8) is 0 Å². The Morgan fingerprint density at radius 1 is 0.963 bits per heavy atom. The SMILES string of the molecule is C=CCCC(C)c1c(C(C)(C)C)ccc2c1Cc1cc(C(C)(C)C)ccc1-2. The minimum Gasteiger partial charge on any atom is -0.103 e. The predicted octanol–water partition coefficient (Wildman–Crippen LogP) is 7.92. The lowest BCUT2D eigenvalue weighted by atomic mass is 9.76. The van der Waals surface area contributed by atoms with E-state index in [4.69, 9.17) is 0 Å². The fraction of sp³-hybridized carbons (Fsp3) is 0.481. The van der Waals surface area contributed by atoms with Crippen LogP contribution in [0.2, 0.25) is 0 Å². The lowest BCUT2D eigenvalue weighted by Crippen LogP contribution is -2.17. The molecule has 0 saturated heterocycles. The molecule has 0 fully saturated rings. The van der Waals surface area contributed by atoms with Crippen molar-refractivity contribution >= 4 is 0 Å². The molecular formula is C27H36. The molecule has 1 aliphatic carbocycles. The second-order valence-corrected chi connectivity index (χ2v) is 10.4. The Morgan fingerprint density at radius 3 is 2.22 bits per heavy atom. The fourth-order valence-corrected chi connectivity index (χ4v) is 4.50. The molecule has 0 spiro atoms. The molecule has 0 radical (unpaired) electrons. The van der Waals surface area contributed by atoms with Crippen molar-refractivity contribution in [1.29, 1.82) is 0 Å². The maximum absolute atomic E-state index is 3.94. The molecule has 1 unspecified atom stereocenters. The van der Waals surface area contributed by atoms with E-state index < -0.39 is 0 Å². The molecular weight excluding hydrogens is 324 g/mol. The van der Waals surface area contributed by atoms with Crippen molar-refractivity contribution in [2.24, 2.45) is 0 Å². The minimum atomic E-state index is 0.165. The van der Waals surface area contributed by atoms with Gasteiger partial charge in [-0.15, -0.1) is 6.58 Å². The van der Waals surface area contributed by atoms with Gasteiger partial charge in [0.15, 0.2) is 0 Å². The van der Waals surface area contributed by atoms with Crippen molar-refractivity contribution in [3.8, 4) is 11.1 Å². The van der Waals surface area contributed by atoms with Crippen LogP contribution in [0.15, 0.2) is 43.0 Å². The van der Waals surface area contributed by atoms with Crippen molar-refractivity contribution in [3.05, 3.63) is 70.8 Å². The van der Waals surface area contributed by atoms with Crippen LogP contribution in [0.4, 0.5) is 0 Å². The molecule has 2 aromatic rings. The summed E-state index contributed by atoms with van der Waals surface area (Å²) in [6.45, 7) is 20.3. The van der Waals surface area contributed by atoms with Crippen LogP contribution in [0.3, 0.4) is 0 Å². The standard InChI is InChI=1S/C27H36/c1-9-10-11-18(2)25-23-17-19-16-20(26(3,4)5)12-13-21(19)22(23)14-15-24(25)27(6,7)8/h9,12-16,18H,1,10-11,17H2,2-8H3. The summed E-state index contributed by atoms with van der Waals surface area (Å²) in [5.41, 5.74) is 10.9. The Morgan fingerprint density at radius 2 is 1.63 bits per heavy atom. The first-order chi connectivity index (χ1) is 12.5. The number of hydrogen-bond donors (Lipinski definition) is 0. The van der Waals surface area contributed by atoms with Gasteiger partial charge in [-0.25, -0.2) is 0 Å². The number of rotatable bonds is 4. The highest BCUT2D eigenvalue weighted by Gasteiger charge is 2.29. The quantitative estimate of drug-likeness (QED) is 0.414. The van der Waals surface area contributed by atoms with E-state index in [1.165, 1.54) is 34.2 Å². The Kier molecular flexibility index (Phi) is 5.14. The topological polar surface area (TPSA) is 0 Å². The van der Waals surface area contributed by atoms with E-state index in [0.29, 0.717) is 5.92 Å². The van der Waals surface area contributed by atoms with Crippen LogP contribution in [0, 0.1) is 0 Å². The first kappa shape index (κ1) is 19.9. The van der Waals surface area contributed by atoms with Crippen LogP contribution in [0.1, 0.15) is 95.0 Å². The summed E-state index contributed by atoms with van der Waals surface area (Å²) in [5, 5.41) is 0. The van der Waals surface area contributed by atoms with E-state index in [2.05, 4.69) is 91.5 Å². The molecule has 0 heteroatoms. The Balaban J connectivity index is 2.14. The zero-order valence-electron chi connectivity index (χ0n) is 18.4. The Hall–Kier alpha value is -1.82. The smallest absolute Gasteiger partial charge is 0.00104 e. The zero-order valence-corrected chi connectivity index (χ0v) is 18.4. The van der Waals surface area contributed by atoms with Gasteiger partial charge in [-0.05, 0) is 75.0 Å². The third kappa shape index (κ3) is 3.77. The number of allylic oxidation sites excluding steroid dienone is 1. The monoisotopic (exact) mass is 360 g/mol. The maximum atomic E-state index is 3.94.